The van der Waals surface area contributed by atoms with E-state index < -0.39 is 0 Å². The van der Waals surface area contributed by atoms with Crippen LogP contribution in [0, 0.1) is 0 Å². The summed E-state index contributed by atoms with van der Waals surface area (Å²) in [5, 5.41) is 0. The zero-order valence-corrected chi connectivity index (χ0v) is 14.2. The number of hydrogen-bond donors (Lipinski definition) is 0. The van der Waals surface area contributed by atoms with Crippen molar-refractivity contribution in [2.24, 2.45) is 4.99 Å². The monoisotopic (exact) mass is 319 g/mol. The normalized spacial score (nSPS) is 11.6. The third-order valence-corrected chi connectivity index (χ3v) is 4.75. The van der Waals surface area contributed by atoms with E-state index >= 15 is 0 Å². The fourth-order valence-corrected chi connectivity index (χ4v) is 3.46. The highest BCUT2D eigenvalue weighted by atomic mass is 32.1. The SMILES string of the molecule is CCCCN=c1cc(-c2ccccc2)cc(-c2ccccc2)s1. The van der Waals surface area contributed by atoms with Gasteiger partial charge in [0.15, 0.2) is 0 Å². The van der Waals surface area contributed by atoms with E-state index in [1.807, 2.05) is 0 Å². The number of benzene rings is 2. The first kappa shape index (κ1) is 15.7. The molecule has 0 aliphatic rings. The molecule has 3 rings (SSSR count). The number of nitrogens with zero attached hydrogens (tertiary/aromatic N) is 1. The molecule has 2 heteroatoms. The van der Waals surface area contributed by atoms with Crippen molar-refractivity contribution in [1.29, 1.82) is 0 Å². The fraction of sp³-hybridized carbons (Fsp3) is 0.190. The minimum atomic E-state index is 0.902. The van der Waals surface area contributed by atoms with E-state index in [4.69, 9.17) is 4.99 Å². The van der Waals surface area contributed by atoms with Crippen molar-refractivity contribution in [3.63, 3.8) is 0 Å². The molecule has 0 saturated carbocycles. The Labute approximate surface area is 142 Å². The van der Waals surface area contributed by atoms with Gasteiger partial charge >= 0.3 is 0 Å². The van der Waals surface area contributed by atoms with Crippen molar-refractivity contribution < 1.29 is 0 Å². The predicted octanol–water partition coefficient (Wildman–Crippen LogP) is 5.78. The highest BCUT2D eigenvalue weighted by Crippen LogP contribution is 2.27. The summed E-state index contributed by atoms with van der Waals surface area (Å²) < 4.78 is 1.11. The number of rotatable bonds is 5. The minimum Gasteiger partial charge on any atom is -0.274 e. The van der Waals surface area contributed by atoms with Crippen LogP contribution in [0.4, 0.5) is 0 Å². The Balaban J connectivity index is 2.09. The minimum absolute atomic E-state index is 0.902. The van der Waals surface area contributed by atoms with Crippen LogP contribution in [-0.2, 0) is 0 Å². The molecule has 0 atom stereocenters. The summed E-state index contributed by atoms with van der Waals surface area (Å²) >= 11 is 1.77. The lowest BCUT2D eigenvalue weighted by molar-refractivity contribution is 0.797. The van der Waals surface area contributed by atoms with Gasteiger partial charge in [0.25, 0.3) is 0 Å². The molecule has 0 unspecified atom stereocenters. The van der Waals surface area contributed by atoms with Crippen LogP contribution in [0.1, 0.15) is 19.8 Å². The molecule has 1 heterocycles. The highest BCUT2D eigenvalue weighted by molar-refractivity contribution is 7.12. The van der Waals surface area contributed by atoms with Crippen LogP contribution in [0.5, 0.6) is 0 Å². The van der Waals surface area contributed by atoms with Crippen molar-refractivity contribution in [1.82, 2.24) is 0 Å². The molecule has 0 N–H and O–H groups in total. The molecule has 0 saturated heterocycles. The molecule has 0 bridgehead atoms. The Morgan fingerprint density at radius 3 is 2.09 bits per heavy atom. The highest BCUT2D eigenvalue weighted by Gasteiger charge is 2.04. The van der Waals surface area contributed by atoms with E-state index in [-0.39, 0.29) is 0 Å². The van der Waals surface area contributed by atoms with E-state index in [0.29, 0.717) is 0 Å². The quantitative estimate of drug-likeness (QED) is 0.528. The zero-order chi connectivity index (χ0) is 15.9. The third kappa shape index (κ3) is 4.17. The van der Waals surface area contributed by atoms with Gasteiger partial charge in [-0.1, -0.05) is 74.0 Å². The van der Waals surface area contributed by atoms with Crippen LogP contribution in [0.25, 0.3) is 21.6 Å². The molecule has 3 aromatic rings. The molecule has 116 valence electrons. The molecule has 1 nitrogen and oxygen atoms in total. The van der Waals surface area contributed by atoms with Gasteiger partial charge in [0.05, 0.1) is 0 Å². The topological polar surface area (TPSA) is 12.4 Å². The van der Waals surface area contributed by atoms with Gasteiger partial charge in [-0.15, -0.1) is 11.3 Å². The Hall–Kier alpha value is -2.19. The lowest BCUT2D eigenvalue weighted by Crippen LogP contribution is -1.99. The second kappa shape index (κ2) is 7.89. The molecular formula is C21H21NS. The molecule has 0 radical (unpaired) electrons. The van der Waals surface area contributed by atoms with Crippen LogP contribution in [0.15, 0.2) is 77.8 Å². The summed E-state index contributed by atoms with van der Waals surface area (Å²) in [5.74, 6) is 0. The maximum atomic E-state index is 4.79. The van der Waals surface area contributed by atoms with Crippen LogP contribution >= 0.6 is 11.3 Å². The molecule has 0 fully saturated rings. The molecular weight excluding hydrogens is 298 g/mol. The fourth-order valence-electron chi connectivity index (χ4n) is 2.45. The Kier molecular flexibility index (Phi) is 5.38. The van der Waals surface area contributed by atoms with Crippen LogP contribution < -0.4 is 4.67 Å². The predicted molar refractivity (Wildman–Crippen MR) is 101 cm³/mol. The van der Waals surface area contributed by atoms with E-state index in [2.05, 4.69) is 79.7 Å². The van der Waals surface area contributed by atoms with Gasteiger partial charge < -0.3 is 0 Å². The van der Waals surface area contributed by atoms with Gasteiger partial charge in [-0.2, -0.15) is 0 Å². The summed E-state index contributed by atoms with van der Waals surface area (Å²) in [5.41, 5.74) is 3.73. The van der Waals surface area contributed by atoms with Gasteiger partial charge in [-0.25, -0.2) is 0 Å². The molecule has 0 aliphatic carbocycles. The number of hydrogen-bond acceptors (Lipinski definition) is 2. The first-order valence-electron chi connectivity index (χ1n) is 8.13. The van der Waals surface area contributed by atoms with Gasteiger partial charge in [-0.05, 0) is 35.2 Å². The smallest absolute Gasteiger partial charge is 0.111 e. The third-order valence-electron chi connectivity index (χ3n) is 3.72. The van der Waals surface area contributed by atoms with Gasteiger partial charge in [0.2, 0.25) is 0 Å². The maximum absolute atomic E-state index is 4.79. The van der Waals surface area contributed by atoms with E-state index in [9.17, 15) is 0 Å². The average Bonchev–Trinajstić information content (AvgIpc) is 2.63. The summed E-state index contributed by atoms with van der Waals surface area (Å²) in [6, 6.07) is 25.6. The Morgan fingerprint density at radius 1 is 0.783 bits per heavy atom. The molecule has 1 aromatic heterocycles. The summed E-state index contributed by atoms with van der Waals surface area (Å²) in [7, 11) is 0. The van der Waals surface area contributed by atoms with E-state index in [0.717, 1.165) is 17.6 Å². The van der Waals surface area contributed by atoms with Crippen molar-refractivity contribution in [3.05, 3.63) is 77.5 Å². The van der Waals surface area contributed by atoms with Crippen molar-refractivity contribution in [2.45, 2.75) is 19.8 Å². The summed E-state index contributed by atoms with van der Waals surface area (Å²) in [6.07, 6.45) is 2.32. The molecule has 0 amide bonds. The lowest BCUT2D eigenvalue weighted by atomic mass is 10.1. The van der Waals surface area contributed by atoms with Gasteiger partial charge in [0, 0.05) is 11.4 Å². The lowest BCUT2D eigenvalue weighted by Gasteiger charge is -2.06. The van der Waals surface area contributed by atoms with Gasteiger partial charge in [-0.3, -0.25) is 4.99 Å². The van der Waals surface area contributed by atoms with Gasteiger partial charge in [0.1, 0.15) is 4.67 Å². The van der Waals surface area contributed by atoms with Crippen LogP contribution in [0.3, 0.4) is 0 Å². The molecule has 2 aromatic carbocycles. The summed E-state index contributed by atoms with van der Waals surface area (Å²) in [4.78, 5) is 6.05. The Bertz CT molecular complexity index is 743. The Morgan fingerprint density at radius 2 is 1.43 bits per heavy atom. The van der Waals surface area contributed by atoms with Crippen molar-refractivity contribution >= 4 is 11.3 Å². The van der Waals surface area contributed by atoms with Crippen LogP contribution in [-0.4, -0.2) is 6.54 Å². The van der Waals surface area contributed by atoms with E-state index in [1.54, 1.807) is 11.3 Å². The molecule has 0 spiro atoms. The largest absolute Gasteiger partial charge is 0.274 e. The number of unbranched alkanes of at least 4 members (excludes halogenated alkanes) is 1. The standard InChI is InChI=1S/C21H21NS/c1-2-3-14-22-21-16-19(17-10-6-4-7-11-17)15-20(23-21)18-12-8-5-9-13-18/h4-13,15-16H,2-3,14H2,1H3. The summed E-state index contributed by atoms with van der Waals surface area (Å²) in [6.45, 7) is 3.11. The second-order valence-corrected chi connectivity index (χ2v) is 6.58. The first-order chi connectivity index (χ1) is 11.4. The molecule has 0 aliphatic heterocycles. The van der Waals surface area contributed by atoms with E-state index in [1.165, 1.54) is 28.0 Å². The average molecular weight is 319 g/mol. The maximum Gasteiger partial charge on any atom is 0.111 e. The van der Waals surface area contributed by atoms with Crippen molar-refractivity contribution in [2.75, 3.05) is 6.54 Å². The second-order valence-electron chi connectivity index (χ2n) is 5.52. The first-order valence-corrected chi connectivity index (χ1v) is 8.95. The van der Waals surface area contributed by atoms with Crippen LogP contribution in [0.2, 0.25) is 0 Å². The van der Waals surface area contributed by atoms with Crippen molar-refractivity contribution in [3.8, 4) is 21.6 Å². The molecule has 23 heavy (non-hydrogen) atoms. The zero-order valence-electron chi connectivity index (χ0n) is 13.4.